The third-order valence-electron chi connectivity index (χ3n) is 2.65. The van der Waals surface area contributed by atoms with Crippen LogP contribution in [0.5, 0.6) is 0 Å². The predicted octanol–water partition coefficient (Wildman–Crippen LogP) is 1.36. The fourth-order valence-corrected chi connectivity index (χ4v) is 1.92. The lowest BCUT2D eigenvalue weighted by molar-refractivity contribution is -0.115. The summed E-state index contributed by atoms with van der Waals surface area (Å²) < 4.78 is 0. The third kappa shape index (κ3) is 1.99. The minimum absolute atomic E-state index is 0.375. The van der Waals surface area contributed by atoms with E-state index in [0.717, 1.165) is 19.1 Å². The normalized spacial score (nSPS) is 27.6. The minimum atomic E-state index is -0.917. The predicted molar refractivity (Wildman–Crippen MR) is 47.6 cm³/mol. The van der Waals surface area contributed by atoms with Gasteiger partial charge in [-0.25, -0.2) is 4.79 Å². The fourth-order valence-electron chi connectivity index (χ4n) is 1.92. The Morgan fingerprint density at radius 2 is 2.38 bits per heavy atom. The first-order valence-electron chi connectivity index (χ1n) is 4.58. The first-order chi connectivity index (χ1) is 6.13. The molecule has 13 heavy (non-hydrogen) atoms. The minimum Gasteiger partial charge on any atom is -0.465 e. The monoisotopic (exact) mass is 185 g/mol. The topological polar surface area (TPSA) is 57.6 Å². The molecule has 0 spiro atoms. The van der Waals surface area contributed by atoms with Crippen molar-refractivity contribution in [1.29, 1.82) is 0 Å². The largest absolute Gasteiger partial charge is 0.465 e. The Morgan fingerprint density at radius 3 is 2.77 bits per heavy atom. The first-order valence-corrected chi connectivity index (χ1v) is 4.58. The van der Waals surface area contributed by atoms with Gasteiger partial charge in [-0.05, 0) is 12.8 Å². The molecule has 1 heterocycles. The molecule has 1 fully saturated rings. The van der Waals surface area contributed by atoms with Gasteiger partial charge in [0.05, 0.1) is 0 Å². The van der Waals surface area contributed by atoms with Crippen molar-refractivity contribution in [3.8, 4) is 0 Å². The summed E-state index contributed by atoms with van der Waals surface area (Å²) in [5.41, 5.74) is -0.396. The molecule has 1 atom stereocenters. The van der Waals surface area contributed by atoms with Crippen LogP contribution in [-0.4, -0.2) is 35.5 Å². The van der Waals surface area contributed by atoms with Gasteiger partial charge in [-0.15, -0.1) is 0 Å². The molecule has 4 nitrogen and oxygen atoms in total. The van der Waals surface area contributed by atoms with Crippen LogP contribution < -0.4 is 0 Å². The molecule has 1 amide bonds. The van der Waals surface area contributed by atoms with Crippen LogP contribution in [0.4, 0.5) is 4.79 Å². The van der Waals surface area contributed by atoms with Gasteiger partial charge in [0.15, 0.2) is 0 Å². The molecule has 4 heteroatoms. The molecule has 1 unspecified atom stereocenters. The number of carbonyl (C=O) groups is 2. The summed E-state index contributed by atoms with van der Waals surface area (Å²) in [5, 5.41) is 8.72. The van der Waals surface area contributed by atoms with Crippen molar-refractivity contribution in [1.82, 2.24) is 4.90 Å². The highest BCUT2D eigenvalue weighted by Crippen LogP contribution is 2.32. The highest BCUT2D eigenvalue weighted by Gasteiger charge is 2.38. The number of rotatable bonds is 3. The van der Waals surface area contributed by atoms with Crippen LogP contribution >= 0.6 is 0 Å². The molecule has 0 aromatic heterocycles. The first kappa shape index (κ1) is 10.0. The Morgan fingerprint density at radius 1 is 1.69 bits per heavy atom. The van der Waals surface area contributed by atoms with Crippen LogP contribution in [0.25, 0.3) is 0 Å². The number of likely N-dealkylation sites (tertiary alicyclic amines) is 1. The average Bonchev–Trinajstić information content (AvgIpc) is 2.51. The molecule has 1 saturated heterocycles. The number of hydrogen-bond donors (Lipinski definition) is 1. The maximum absolute atomic E-state index is 10.9. The van der Waals surface area contributed by atoms with E-state index < -0.39 is 11.5 Å². The van der Waals surface area contributed by atoms with Gasteiger partial charge in [0.25, 0.3) is 0 Å². The van der Waals surface area contributed by atoms with Gasteiger partial charge in [-0.3, -0.25) is 0 Å². The Bertz CT molecular complexity index is 217. The number of carbonyl (C=O) groups excluding carboxylic acids is 1. The second-order valence-electron chi connectivity index (χ2n) is 3.68. The lowest BCUT2D eigenvalue weighted by Crippen LogP contribution is -2.31. The van der Waals surface area contributed by atoms with Crippen LogP contribution in [0.2, 0.25) is 0 Å². The highest BCUT2D eigenvalue weighted by molar-refractivity contribution is 5.68. The summed E-state index contributed by atoms with van der Waals surface area (Å²) in [5.74, 6) is 0. The van der Waals surface area contributed by atoms with Crippen molar-refractivity contribution in [2.24, 2.45) is 5.41 Å². The number of hydrogen-bond acceptors (Lipinski definition) is 2. The van der Waals surface area contributed by atoms with Crippen molar-refractivity contribution in [3.63, 3.8) is 0 Å². The van der Waals surface area contributed by atoms with Crippen LogP contribution in [0.1, 0.15) is 26.2 Å². The molecule has 0 aliphatic carbocycles. The number of amides is 1. The molecule has 0 radical (unpaired) electrons. The zero-order valence-electron chi connectivity index (χ0n) is 7.82. The smallest absolute Gasteiger partial charge is 0.407 e. The van der Waals surface area contributed by atoms with Crippen LogP contribution in [-0.2, 0) is 4.79 Å². The molecule has 0 bridgehead atoms. The maximum Gasteiger partial charge on any atom is 0.407 e. The summed E-state index contributed by atoms with van der Waals surface area (Å²) >= 11 is 0. The summed E-state index contributed by atoms with van der Waals surface area (Å²) in [6, 6.07) is 0. The summed E-state index contributed by atoms with van der Waals surface area (Å²) in [7, 11) is 0. The van der Waals surface area contributed by atoms with E-state index in [9.17, 15) is 9.59 Å². The van der Waals surface area contributed by atoms with E-state index >= 15 is 0 Å². The Balaban J connectivity index is 2.62. The van der Waals surface area contributed by atoms with Crippen LogP contribution in [0, 0.1) is 5.41 Å². The molecule has 1 aliphatic heterocycles. The van der Waals surface area contributed by atoms with E-state index in [2.05, 4.69) is 0 Å². The van der Waals surface area contributed by atoms with Crippen molar-refractivity contribution >= 4 is 12.4 Å². The number of aldehydes is 1. The fraction of sp³-hybridized carbons (Fsp3) is 0.778. The van der Waals surface area contributed by atoms with Gasteiger partial charge < -0.3 is 14.8 Å². The van der Waals surface area contributed by atoms with E-state index in [1.54, 1.807) is 0 Å². The standard InChI is InChI=1S/C9H15NO3/c1-2-3-9(7-11)4-5-10(6-9)8(12)13/h7H,2-6H2,1H3,(H,12,13). The van der Waals surface area contributed by atoms with E-state index in [1.807, 2.05) is 6.92 Å². The zero-order chi connectivity index (χ0) is 9.90. The molecular formula is C9H15NO3. The van der Waals surface area contributed by atoms with Crippen LogP contribution in [0.15, 0.2) is 0 Å². The second kappa shape index (κ2) is 3.77. The number of nitrogens with zero attached hydrogens (tertiary/aromatic N) is 1. The lowest BCUT2D eigenvalue weighted by atomic mass is 9.84. The van der Waals surface area contributed by atoms with E-state index in [0.29, 0.717) is 19.5 Å². The maximum atomic E-state index is 10.9. The Labute approximate surface area is 77.5 Å². The van der Waals surface area contributed by atoms with Crippen molar-refractivity contribution in [2.75, 3.05) is 13.1 Å². The van der Waals surface area contributed by atoms with Gasteiger partial charge in [0.1, 0.15) is 6.29 Å². The summed E-state index contributed by atoms with van der Waals surface area (Å²) in [4.78, 5) is 22.8. The van der Waals surface area contributed by atoms with Gasteiger partial charge in [-0.2, -0.15) is 0 Å². The molecule has 74 valence electrons. The highest BCUT2D eigenvalue weighted by atomic mass is 16.4. The molecule has 1 N–H and O–H groups in total. The van der Waals surface area contributed by atoms with E-state index in [-0.39, 0.29) is 0 Å². The quantitative estimate of drug-likeness (QED) is 0.675. The summed E-state index contributed by atoms with van der Waals surface area (Å²) in [6.07, 6.45) is 2.41. The second-order valence-corrected chi connectivity index (χ2v) is 3.68. The molecule has 0 aromatic rings. The van der Waals surface area contributed by atoms with Crippen molar-refractivity contribution in [3.05, 3.63) is 0 Å². The van der Waals surface area contributed by atoms with Gasteiger partial charge in [0, 0.05) is 18.5 Å². The molecule has 1 aliphatic rings. The SMILES string of the molecule is CCCC1(C=O)CCN(C(=O)O)C1. The molecule has 0 aromatic carbocycles. The van der Waals surface area contributed by atoms with Crippen molar-refractivity contribution < 1.29 is 14.7 Å². The van der Waals surface area contributed by atoms with Gasteiger partial charge in [0.2, 0.25) is 0 Å². The van der Waals surface area contributed by atoms with E-state index in [1.165, 1.54) is 4.90 Å². The average molecular weight is 185 g/mol. The lowest BCUT2D eigenvalue weighted by Gasteiger charge is -2.20. The van der Waals surface area contributed by atoms with Crippen molar-refractivity contribution in [2.45, 2.75) is 26.2 Å². The third-order valence-corrected chi connectivity index (χ3v) is 2.65. The summed E-state index contributed by atoms with van der Waals surface area (Å²) in [6.45, 7) is 2.88. The van der Waals surface area contributed by atoms with E-state index in [4.69, 9.17) is 5.11 Å². The zero-order valence-corrected chi connectivity index (χ0v) is 7.82. The molecular weight excluding hydrogens is 170 g/mol. The van der Waals surface area contributed by atoms with Crippen LogP contribution in [0.3, 0.4) is 0 Å². The molecule has 0 saturated carbocycles. The Kier molecular flexibility index (Phi) is 2.90. The van der Waals surface area contributed by atoms with Gasteiger partial charge in [-0.1, -0.05) is 13.3 Å². The van der Waals surface area contributed by atoms with Gasteiger partial charge >= 0.3 is 6.09 Å². The molecule has 1 rings (SSSR count). The number of carboxylic acid groups (broad SMARTS) is 1. The Hall–Kier alpha value is -1.06.